The SMILES string of the molecule is Cc1ccc(CCC(C)C(C)C)cc1O. The molecular formula is C14H22O. The Kier molecular flexibility index (Phi) is 4.19. The van der Waals surface area contributed by atoms with Gasteiger partial charge in [-0.05, 0) is 48.8 Å². The van der Waals surface area contributed by atoms with Crippen LogP contribution in [0.3, 0.4) is 0 Å². The molecule has 1 aromatic carbocycles. The molecule has 1 rings (SSSR count). The van der Waals surface area contributed by atoms with Crippen molar-refractivity contribution in [2.45, 2.75) is 40.5 Å². The summed E-state index contributed by atoms with van der Waals surface area (Å²) in [5.41, 5.74) is 2.20. The zero-order chi connectivity index (χ0) is 11.4. The Balaban J connectivity index is 2.55. The van der Waals surface area contributed by atoms with E-state index in [0.29, 0.717) is 5.75 Å². The Morgan fingerprint density at radius 3 is 2.40 bits per heavy atom. The second kappa shape index (κ2) is 5.20. The molecule has 0 spiro atoms. The van der Waals surface area contributed by atoms with Crippen LogP contribution in [0.5, 0.6) is 5.75 Å². The molecule has 0 heterocycles. The van der Waals surface area contributed by atoms with Gasteiger partial charge in [0.1, 0.15) is 5.75 Å². The minimum absolute atomic E-state index is 0.421. The maximum atomic E-state index is 9.57. The molecule has 0 amide bonds. The van der Waals surface area contributed by atoms with Crippen LogP contribution < -0.4 is 0 Å². The van der Waals surface area contributed by atoms with E-state index in [-0.39, 0.29) is 0 Å². The van der Waals surface area contributed by atoms with Gasteiger partial charge in [-0.1, -0.05) is 32.9 Å². The molecular weight excluding hydrogens is 184 g/mol. The molecule has 0 aliphatic heterocycles. The lowest BCUT2D eigenvalue weighted by Gasteiger charge is -2.15. The molecule has 1 heteroatoms. The largest absolute Gasteiger partial charge is 0.508 e. The van der Waals surface area contributed by atoms with Gasteiger partial charge in [0.25, 0.3) is 0 Å². The lowest BCUT2D eigenvalue weighted by atomic mass is 9.91. The quantitative estimate of drug-likeness (QED) is 0.791. The Hall–Kier alpha value is -0.980. The van der Waals surface area contributed by atoms with Gasteiger partial charge in [-0.2, -0.15) is 0 Å². The molecule has 84 valence electrons. The fraction of sp³-hybridized carbons (Fsp3) is 0.571. The molecule has 1 unspecified atom stereocenters. The van der Waals surface area contributed by atoms with E-state index in [1.807, 2.05) is 19.1 Å². The van der Waals surface area contributed by atoms with Crippen LogP contribution in [0.1, 0.15) is 38.3 Å². The maximum Gasteiger partial charge on any atom is 0.118 e. The highest BCUT2D eigenvalue weighted by Crippen LogP contribution is 2.21. The molecule has 0 saturated heterocycles. The number of phenols is 1. The van der Waals surface area contributed by atoms with Gasteiger partial charge in [-0.3, -0.25) is 0 Å². The molecule has 1 nitrogen and oxygen atoms in total. The van der Waals surface area contributed by atoms with E-state index < -0.39 is 0 Å². The molecule has 0 bridgehead atoms. The predicted molar refractivity (Wildman–Crippen MR) is 65.2 cm³/mol. The van der Waals surface area contributed by atoms with Crippen LogP contribution in [0, 0.1) is 18.8 Å². The third kappa shape index (κ3) is 3.58. The minimum Gasteiger partial charge on any atom is -0.508 e. The summed E-state index contributed by atoms with van der Waals surface area (Å²) in [6, 6.07) is 6.00. The van der Waals surface area contributed by atoms with Crippen LogP contribution in [-0.4, -0.2) is 5.11 Å². The summed E-state index contributed by atoms with van der Waals surface area (Å²) in [7, 11) is 0. The number of benzene rings is 1. The van der Waals surface area contributed by atoms with Crippen LogP contribution >= 0.6 is 0 Å². The minimum atomic E-state index is 0.421. The van der Waals surface area contributed by atoms with Crippen molar-refractivity contribution in [3.8, 4) is 5.75 Å². The monoisotopic (exact) mass is 206 g/mol. The molecule has 1 N–H and O–H groups in total. The molecule has 0 radical (unpaired) electrons. The average Bonchev–Trinajstić information content (AvgIpc) is 2.19. The number of rotatable bonds is 4. The van der Waals surface area contributed by atoms with Crippen molar-refractivity contribution < 1.29 is 5.11 Å². The first-order valence-electron chi connectivity index (χ1n) is 5.79. The fourth-order valence-corrected chi connectivity index (χ4v) is 1.54. The molecule has 0 fully saturated rings. The van der Waals surface area contributed by atoms with Crippen LogP contribution in [0.4, 0.5) is 0 Å². The summed E-state index contributed by atoms with van der Waals surface area (Å²) in [5.74, 6) is 1.90. The number of phenolic OH excluding ortho intramolecular Hbond substituents is 1. The molecule has 1 aromatic rings. The normalized spacial score (nSPS) is 13.1. The maximum absolute atomic E-state index is 9.57. The molecule has 1 atom stereocenters. The van der Waals surface area contributed by atoms with Gasteiger partial charge in [-0.15, -0.1) is 0 Å². The Labute approximate surface area is 93.1 Å². The van der Waals surface area contributed by atoms with Crippen molar-refractivity contribution in [3.63, 3.8) is 0 Å². The van der Waals surface area contributed by atoms with E-state index in [1.54, 1.807) is 0 Å². The number of hydrogen-bond acceptors (Lipinski definition) is 1. The van der Waals surface area contributed by atoms with E-state index in [0.717, 1.165) is 23.8 Å². The van der Waals surface area contributed by atoms with Crippen molar-refractivity contribution in [3.05, 3.63) is 29.3 Å². The first-order valence-corrected chi connectivity index (χ1v) is 5.79. The topological polar surface area (TPSA) is 20.2 Å². The van der Waals surface area contributed by atoms with E-state index >= 15 is 0 Å². The lowest BCUT2D eigenvalue weighted by molar-refractivity contribution is 0.392. The molecule has 0 aliphatic carbocycles. The third-order valence-electron chi connectivity index (χ3n) is 3.30. The predicted octanol–water partition coefficient (Wildman–Crippen LogP) is 3.93. The van der Waals surface area contributed by atoms with Crippen LogP contribution in [-0.2, 0) is 6.42 Å². The van der Waals surface area contributed by atoms with Gasteiger partial charge in [0, 0.05) is 0 Å². The van der Waals surface area contributed by atoms with Crippen LogP contribution in [0.25, 0.3) is 0 Å². The van der Waals surface area contributed by atoms with E-state index in [4.69, 9.17) is 0 Å². The van der Waals surface area contributed by atoms with Crippen molar-refractivity contribution in [1.82, 2.24) is 0 Å². The highest BCUT2D eigenvalue weighted by molar-refractivity contribution is 5.35. The summed E-state index contributed by atoms with van der Waals surface area (Å²) in [4.78, 5) is 0. The van der Waals surface area contributed by atoms with E-state index in [2.05, 4.69) is 26.8 Å². The first kappa shape index (κ1) is 12.1. The van der Waals surface area contributed by atoms with Crippen molar-refractivity contribution in [2.24, 2.45) is 11.8 Å². The summed E-state index contributed by atoms with van der Waals surface area (Å²) in [6.45, 7) is 8.74. The number of hydrogen-bond donors (Lipinski definition) is 1. The smallest absolute Gasteiger partial charge is 0.118 e. The highest BCUT2D eigenvalue weighted by Gasteiger charge is 2.07. The van der Waals surface area contributed by atoms with Crippen LogP contribution in [0.2, 0.25) is 0 Å². The average molecular weight is 206 g/mol. The van der Waals surface area contributed by atoms with E-state index in [1.165, 1.54) is 12.0 Å². The van der Waals surface area contributed by atoms with Gasteiger partial charge in [0.2, 0.25) is 0 Å². The van der Waals surface area contributed by atoms with Crippen molar-refractivity contribution >= 4 is 0 Å². The van der Waals surface area contributed by atoms with Gasteiger partial charge in [-0.25, -0.2) is 0 Å². The van der Waals surface area contributed by atoms with Gasteiger partial charge < -0.3 is 5.11 Å². The summed E-state index contributed by atoms with van der Waals surface area (Å²) in [5, 5.41) is 9.57. The van der Waals surface area contributed by atoms with Crippen molar-refractivity contribution in [1.29, 1.82) is 0 Å². The standard InChI is InChI=1S/C14H22O/c1-10(2)11(3)5-7-13-8-6-12(4)14(15)9-13/h6,8-11,15H,5,7H2,1-4H3. The van der Waals surface area contributed by atoms with E-state index in [9.17, 15) is 5.11 Å². The summed E-state index contributed by atoms with van der Waals surface area (Å²) >= 11 is 0. The lowest BCUT2D eigenvalue weighted by Crippen LogP contribution is -2.05. The van der Waals surface area contributed by atoms with Gasteiger partial charge in [0.05, 0.1) is 0 Å². The summed E-state index contributed by atoms with van der Waals surface area (Å²) in [6.07, 6.45) is 2.26. The Morgan fingerprint density at radius 1 is 1.20 bits per heavy atom. The highest BCUT2D eigenvalue weighted by atomic mass is 16.3. The van der Waals surface area contributed by atoms with Crippen LogP contribution in [0.15, 0.2) is 18.2 Å². The molecule has 15 heavy (non-hydrogen) atoms. The fourth-order valence-electron chi connectivity index (χ4n) is 1.54. The number of aromatic hydroxyl groups is 1. The third-order valence-corrected chi connectivity index (χ3v) is 3.30. The molecule has 0 saturated carbocycles. The second-order valence-corrected chi connectivity index (χ2v) is 4.88. The first-order chi connectivity index (χ1) is 7.00. The second-order valence-electron chi connectivity index (χ2n) is 4.88. The Bertz CT molecular complexity index is 315. The van der Waals surface area contributed by atoms with Crippen molar-refractivity contribution in [2.75, 3.05) is 0 Å². The molecule has 0 aliphatic rings. The number of aryl methyl sites for hydroxylation is 2. The Morgan fingerprint density at radius 2 is 1.87 bits per heavy atom. The van der Waals surface area contributed by atoms with Gasteiger partial charge >= 0.3 is 0 Å². The molecule has 0 aromatic heterocycles. The summed E-state index contributed by atoms with van der Waals surface area (Å²) < 4.78 is 0. The zero-order valence-corrected chi connectivity index (χ0v) is 10.2. The van der Waals surface area contributed by atoms with Gasteiger partial charge in [0.15, 0.2) is 0 Å². The zero-order valence-electron chi connectivity index (χ0n) is 10.2.